The van der Waals surface area contributed by atoms with Gasteiger partial charge in [-0.05, 0) is 36.4 Å². The van der Waals surface area contributed by atoms with Crippen molar-refractivity contribution in [3.63, 3.8) is 0 Å². The number of hydrogen-bond acceptors (Lipinski definition) is 5. The molecule has 8 heteroatoms. The van der Waals surface area contributed by atoms with E-state index in [1.54, 1.807) is 42.7 Å². The fraction of sp³-hybridized carbons (Fsp3) is 0.211. The minimum atomic E-state index is -0.362. The van der Waals surface area contributed by atoms with Gasteiger partial charge in [0.15, 0.2) is 0 Å². The molecule has 0 saturated carbocycles. The number of thiazole rings is 1. The van der Waals surface area contributed by atoms with Crippen LogP contribution in [-0.4, -0.2) is 30.6 Å². The summed E-state index contributed by atoms with van der Waals surface area (Å²) in [6.45, 7) is 0.629. The van der Waals surface area contributed by atoms with Gasteiger partial charge in [-0.3, -0.25) is 4.79 Å². The summed E-state index contributed by atoms with van der Waals surface area (Å²) >= 11 is 1.56. The third kappa shape index (κ3) is 5.42. The minimum absolute atomic E-state index is 0.140. The van der Waals surface area contributed by atoms with Gasteiger partial charge in [0, 0.05) is 18.7 Å². The molecule has 140 valence electrons. The Balaban J connectivity index is 1.36. The number of nitrogens with one attached hydrogen (secondary N) is 3. The maximum absolute atomic E-state index is 11.9. The van der Waals surface area contributed by atoms with Gasteiger partial charge in [0.1, 0.15) is 10.8 Å². The van der Waals surface area contributed by atoms with Crippen LogP contribution in [0.3, 0.4) is 0 Å². The van der Waals surface area contributed by atoms with Gasteiger partial charge >= 0.3 is 6.03 Å². The summed E-state index contributed by atoms with van der Waals surface area (Å²) in [7, 11) is 1.58. The van der Waals surface area contributed by atoms with E-state index in [1.807, 2.05) is 24.3 Å². The number of nitrogens with zero attached hydrogens (tertiary/aromatic N) is 1. The molecule has 3 amide bonds. The topological polar surface area (TPSA) is 92.4 Å². The second-order valence-electron chi connectivity index (χ2n) is 5.71. The highest BCUT2D eigenvalue weighted by atomic mass is 32.1. The zero-order chi connectivity index (χ0) is 19.1. The van der Waals surface area contributed by atoms with Crippen LogP contribution in [0.4, 0.5) is 10.5 Å². The van der Waals surface area contributed by atoms with E-state index in [1.165, 1.54) is 0 Å². The van der Waals surface area contributed by atoms with Crippen molar-refractivity contribution in [1.29, 1.82) is 0 Å². The molecule has 0 aliphatic heterocycles. The van der Waals surface area contributed by atoms with Gasteiger partial charge in [-0.25, -0.2) is 9.78 Å². The molecule has 0 bridgehead atoms. The molecule has 0 unspecified atom stereocenters. The van der Waals surface area contributed by atoms with Gasteiger partial charge in [-0.1, -0.05) is 12.1 Å². The van der Waals surface area contributed by atoms with Gasteiger partial charge < -0.3 is 20.7 Å². The largest absolute Gasteiger partial charge is 0.497 e. The van der Waals surface area contributed by atoms with Crippen LogP contribution in [0.5, 0.6) is 5.75 Å². The molecule has 27 heavy (non-hydrogen) atoms. The molecule has 3 N–H and O–H groups in total. The Morgan fingerprint density at radius 1 is 1.07 bits per heavy atom. The molecule has 1 heterocycles. The first-order valence-corrected chi connectivity index (χ1v) is 9.26. The maximum atomic E-state index is 11.9. The van der Waals surface area contributed by atoms with Crippen LogP contribution in [0.2, 0.25) is 0 Å². The fourth-order valence-corrected chi connectivity index (χ4v) is 3.30. The number of methoxy groups -OCH3 is 1. The van der Waals surface area contributed by atoms with E-state index in [0.29, 0.717) is 18.0 Å². The van der Waals surface area contributed by atoms with Crippen molar-refractivity contribution < 1.29 is 14.3 Å². The lowest BCUT2D eigenvalue weighted by molar-refractivity contribution is -0.121. The Hall–Kier alpha value is -3.13. The number of amides is 3. The molecule has 0 saturated heterocycles. The minimum Gasteiger partial charge on any atom is -0.497 e. The average molecular weight is 384 g/mol. The third-order valence-corrected chi connectivity index (χ3v) is 4.80. The summed E-state index contributed by atoms with van der Waals surface area (Å²) in [5.74, 6) is 0.574. The van der Waals surface area contributed by atoms with Gasteiger partial charge in [0.25, 0.3) is 0 Å². The van der Waals surface area contributed by atoms with Crippen LogP contribution in [0, 0.1) is 0 Å². The monoisotopic (exact) mass is 384 g/mol. The molecular weight excluding hydrogens is 364 g/mol. The number of hydrogen-bond donors (Lipinski definition) is 3. The van der Waals surface area contributed by atoms with Gasteiger partial charge in [-0.15, -0.1) is 11.3 Å². The smallest absolute Gasteiger partial charge is 0.319 e. The molecule has 3 aromatic rings. The summed E-state index contributed by atoms with van der Waals surface area (Å²) in [4.78, 5) is 28.2. The number of anilines is 1. The predicted octanol–water partition coefficient (Wildman–Crippen LogP) is 3.13. The lowest BCUT2D eigenvalue weighted by Gasteiger charge is -2.08. The number of carbonyl (C=O) groups is 2. The molecule has 7 nitrogen and oxygen atoms in total. The number of benzene rings is 2. The Labute approximate surface area is 160 Å². The first kappa shape index (κ1) is 18.7. The number of aromatic nitrogens is 1. The number of fused-ring (bicyclic) bond motifs is 1. The van der Waals surface area contributed by atoms with Crippen molar-refractivity contribution in [2.45, 2.75) is 13.0 Å². The summed E-state index contributed by atoms with van der Waals surface area (Å²) < 4.78 is 6.16. The highest BCUT2D eigenvalue weighted by Crippen LogP contribution is 2.21. The van der Waals surface area contributed by atoms with Gasteiger partial charge in [-0.2, -0.15) is 0 Å². The quantitative estimate of drug-likeness (QED) is 0.583. The van der Waals surface area contributed by atoms with E-state index in [-0.39, 0.29) is 24.9 Å². The number of carbonyl (C=O) groups excluding carboxylic acids is 2. The summed E-state index contributed by atoms with van der Waals surface area (Å²) in [5, 5.41) is 9.02. The Morgan fingerprint density at radius 2 is 1.85 bits per heavy atom. The number of ether oxygens (including phenoxy) is 1. The van der Waals surface area contributed by atoms with Crippen molar-refractivity contribution in [3.8, 4) is 5.75 Å². The predicted molar refractivity (Wildman–Crippen MR) is 106 cm³/mol. The molecule has 0 fully saturated rings. The van der Waals surface area contributed by atoms with Crippen LogP contribution in [-0.2, 0) is 11.3 Å². The van der Waals surface area contributed by atoms with Crippen LogP contribution in [0.1, 0.15) is 11.4 Å². The Kier molecular flexibility index (Phi) is 6.22. The molecular formula is C19H20N4O3S. The first-order chi connectivity index (χ1) is 13.1. The van der Waals surface area contributed by atoms with E-state index in [4.69, 9.17) is 4.74 Å². The fourth-order valence-electron chi connectivity index (χ4n) is 2.40. The van der Waals surface area contributed by atoms with Crippen molar-refractivity contribution in [2.24, 2.45) is 0 Å². The van der Waals surface area contributed by atoms with Crippen molar-refractivity contribution in [2.75, 3.05) is 19.0 Å². The van der Waals surface area contributed by atoms with E-state index < -0.39 is 0 Å². The molecule has 1 aromatic heterocycles. The second-order valence-corrected chi connectivity index (χ2v) is 6.83. The molecule has 0 aliphatic rings. The Morgan fingerprint density at radius 3 is 2.59 bits per heavy atom. The lowest BCUT2D eigenvalue weighted by Crippen LogP contribution is -2.33. The number of rotatable bonds is 7. The molecule has 3 rings (SSSR count). The van der Waals surface area contributed by atoms with E-state index >= 15 is 0 Å². The molecule has 0 radical (unpaired) electrons. The number of urea groups is 1. The number of para-hydroxylation sites is 1. The second kappa shape index (κ2) is 9.00. The SMILES string of the molecule is COc1ccc(NC(=O)NCCC(=O)NCc2nc3ccccc3s2)cc1. The summed E-state index contributed by atoms with van der Waals surface area (Å²) in [6, 6.07) is 14.5. The van der Waals surface area contributed by atoms with Gasteiger partial charge in [0.05, 0.1) is 23.9 Å². The molecule has 0 aliphatic carbocycles. The zero-order valence-corrected chi connectivity index (χ0v) is 15.6. The highest BCUT2D eigenvalue weighted by Gasteiger charge is 2.07. The zero-order valence-electron chi connectivity index (χ0n) is 14.8. The highest BCUT2D eigenvalue weighted by molar-refractivity contribution is 7.18. The summed E-state index contributed by atoms with van der Waals surface area (Å²) in [5.41, 5.74) is 1.58. The van der Waals surface area contributed by atoms with E-state index in [0.717, 1.165) is 15.2 Å². The van der Waals surface area contributed by atoms with Crippen molar-refractivity contribution in [1.82, 2.24) is 15.6 Å². The molecule has 0 spiro atoms. The Bertz CT molecular complexity index is 891. The van der Waals surface area contributed by atoms with Crippen molar-refractivity contribution in [3.05, 3.63) is 53.5 Å². The van der Waals surface area contributed by atoms with Crippen LogP contribution < -0.4 is 20.7 Å². The standard InChI is InChI=1S/C19H20N4O3S/c1-26-14-8-6-13(7-9-14)22-19(25)20-11-10-17(24)21-12-18-23-15-4-2-3-5-16(15)27-18/h2-9H,10-12H2,1H3,(H,21,24)(H2,20,22,25). The van der Waals surface area contributed by atoms with Crippen LogP contribution >= 0.6 is 11.3 Å². The molecule has 2 aromatic carbocycles. The molecule has 0 atom stereocenters. The summed E-state index contributed by atoms with van der Waals surface area (Å²) in [6.07, 6.45) is 0.195. The average Bonchev–Trinajstić information content (AvgIpc) is 3.10. The van der Waals surface area contributed by atoms with E-state index in [9.17, 15) is 9.59 Å². The maximum Gasteiger partial charge on any atom is 0.319 e. The lowest BCUT2D eigenvalue weighted by atomic mass is 10.3. The third-order valence-electron chi connectivity index (χ3n) is 3.76. The van der Waals surface area contributed by atoms with Crippen LogP contribution in [0.25, 0.3) is 10.2 Å². The van der Waals surface area contributed by atoms with Crippen LogP contribution in [0.15, 0.2) is 48.5 Å². The normalized spacial score (nSPS) is 10.4. The van der Waals surface area contributed by atoms with Gasteiger partial charge in [0.2, 0.25) is 5.91 Å². The first-order valence-electron chi connectivity index (χ1n) is 8.44. The van der Waals surface area contributed by atoms with E-state index in [2.05, 4.69) is 20.9 Å². The van der Waals surface area contributed by atoms with Crippen molar-refractivity contribution >= 4 is 39.2 Å².